The summed E-state index contributed by atoms with van der Waals surface area (Å²) < 4.78 is 5.72. The molecular weight excluding hydrogens is 364 g/mol. The van der Waals surface area contributed by atoms with E-state index >= 15 is 0 Å². The molecule has 0 saturated heterocycles. The number of thiophene rings is 1. The van der Waals surface area contributed by atoms with Crippen LogP contribution in [0, 0.1) is 0 Å². The fraction of sp³-hybridized carbons (Fsp3) is 0.0625. The van der Waals surface area contributed by atoms with E-state index in [0.29, 0.717) is 21.3 Å². The van der Waals surface area contributed by atoms with Crippen molar-refractivity contribution in [1.82, 2.24) is 15.6 Å². The van der Waals surface area contributed by atoms with Gasteiger partial charge in [0.1, 0.15) is 11.5 Å². The molecule has 0 bridgehead atoms. The Hall–Kier alpha value is -2.84. The largest absolute Gasteiger partial charge is 0.507 e. The molecule has 0 spiro atoms. The van der Waals surface area contributed by atoms with E-state index in [-0.39, 0.29) is 11.4 Å². The predicted molar refractivity (Wildman–Crippen MR) is 96.6 cm³/mol. The molecule has 3 N–H and O–H groups in total. The summed E-state index contributed by atoms with van der Waals surface area (Å²) in [5, 5.41) is 20.3. The quantitative estimate of drug-likeness (QED) is 0.470. The van der Waals surface area contributed by atoms with Gasteiger partial charge in [0.05, 0.1) is 28.2 Å². The highest BCUT2D eigenvalue weighted by atomic mass is 35.5. The van der Waals surface area contributed by atoms with Crippen LogP contribution in [0.15, 0.2) is 41.5 Å². The number of nitrogens with one attached hydrogen (secondary N) is 2. The first-order valence-electron chi connectivity index (χ1n) is 7.08. The van der Waals surface area contributed by atoms with E-state index in [1.807, 2.05) is 6.07 Å². The van der Waals surface area contributed by atoms with Crippen LogP contribution in [0.1, 0.15) is 16.1 Å². The van der Waals surface area contributed by atoms with E-state index in [2.05, 4.69) is 20.7 Å². The van der Waals surface area contributed by atoms with Gasteiger partial charge in [-0.15, -0.1) is 11.3 Å². The first kappa shape index (κ1) is 17.0. The number of ether oxygens (including phenoxy) is 1. The lowest BCUT2D eigenvalue weighted by atomic mass is 10.2. The second-order valence-electron chi connectivity index (χ2n) is 4.89. The number of rotatable bonds is 5. The molecule has 0 aliphatic carbocycles. The van der Waals surface area contributed by atoms with Crippen LogP contribution in [0.3, 0.4) is 0 Å². The third-order valence-electron chi connectivity index (χ3n) is 3.25. The molecule has 128 valence electrons. The van der Waals surface area contributed by atoms with Crippen molar-refractivity contribution < 1.29 is 14.6 Å². The number of carbonyl (C=O) groups excluding carboxylic acids is 1. The second kappa shape index (κ2) is 7.37. The molecule has 0 fully saturated rings. The first-order chi connectivity index (χ1) is 12.1. The van der Waals surface area contributed by atoms with Crippen LogP contribution in [0.5, 0.6) is 11.5 Å². The van der Waals surface area contributed by atoms with Crippen molar-refractivity contribution in [3.05, 3.63) is 52.0 Å². The van der Waals surface area contributed by atoms with E-state index in [0.717, 1.165) is 4.88 Å². The lowest BCUT2D eigenvalue weighted by Crippen LogP contribution is -2.18. The first-order valence-corrected chi connectivity index (χ1v) is 8.28. The zero-order valence-electron chi connectivity index (χ0n) is 13.0. The molecule has 9 heteroatoms. The van der Waals surface area contributed by atoms with Crippen molar-refractivity contribution in [2.45, 2.75) is 0 Å². The Morgan fingerprint density at radius 2 is 2.24 bits per heavy atom. The summed E-state index contributed by atoms with van der Waals surface area (Å²) in [5.41, 5.74) is 3.65. The number of H-pyrrole nitrogens is 1. The highest BCUT2D eigenvalue weighted by Crippen LogP contribution is 2.29. The zero-order valence-corrected chi connectivity index (χ0v) is 14.6. The number of halogens is 1. The maximum Gasteiger partial charge on any atom is 0.291 e. The standard InChI is InChI=1S/C16H13ClN4O3S/c1-24-10-2-3-13(22)9(6-10)8-18-21-16(23)12-7-11(19-20-12)14-4-5-15(17)25-14/h2-8,22H,1H3,(H,19,20)(H,21,23)/b18-8-. The van der Waals surface area contributed by atoms with Crippen molar-refractivity contribution in [1.29, 1.82) is 0 Å². The molecular formula is C16H13ClN4O3S. The number of hydrogen-bond donors (Lipinski definition) is 3. The van der Waals surface area contributed by atoms with Crippen LogP contribution in [0.4, 0.5) is 0 Å². The van der Waals surface area contributed by atoms with E-state index in [1.54, 1.807) is 24.3 Å². The molecule has 0 saturated carbocycles. The van der Waals surface area contributed by atoms with Gasteiger partial charge in [-0.05, 0) is 36.4 Å². The third-order valence-corrected chi connectivity index (χ3v) is 4.52. The minimum atomic E-state index is -0.483. The maximum absolute atomic E-state index is 12.1. The third kappa shape index (κ3) is 3.98. The summed E-state index contributed by atoms with van der Waals surface area (Å²) in [4.78, 5) is 13.0. The summed E-state index contributed by atoms with van der Waals surface area (Å²) in [6.45, 7) is 0. The zero-order chi connectivity index (χ0) is 17.8. The van der Waals surface area contributed by atoms with Crippen LogP contribution in [-0.4, -0.2) is 34.5 Å². The highest BCUT2D eigenvalue weighted by Gasteiger charge is 2.12. The van der Waals surface area contributed by atoms with Gasteiger partial charge in [0.25, 0.3) is 5.91 Å². The highest BCUT2D eigenvalue weighted by molar-refractivity contribution is 7.19. The Morgan fingerprint density at radius 1 is 1.40 bits per heavy atom. The summed E-state index contributed by atoms with van der Waals surface area (Å²) in [5.74, 6) is 0.108. The number of methoxy groups -OCH3 is 1. The molecule has 1 aromatic carbocycles. The average Bonchev–Trinajstić information content (AvgIpc) is 3.25. The fourth-order valence-electron chi connectivity index (χ4n) is 2.00. The Morgan fingerprint density at radius 3 is 2.96 bits per heavy atom. The lowest BCUT2D eigenvalue weighted by molar-refractivity contribution is 0.0950. The van der Waals surface area contributed by atoms with E-state index in [9.17, 15) is 9.90 Å². The number of phenolic OH excluding ortho intramolecular Hbond substituents is 1. The molecule has 7 nitrogen and oxygen atoms in total. The van der Waals surface area contributed by atoms with Gasteiger partial charge in [0, 0.05) is 5.56 Å². The molecule has 1 amide bonds. The fourth-order valence-corrected chi connectivity index (χ4v) is 3.01. The lowest BCUT2D eigenvalue weighted by Gasteiger charge is -2.02. The van der Waals surface area contributed by atoms with Gasteiger partial charge in [0.15, 0.2) is 5.69 Å². The summed E-state index contributed by atoms with van der Waals surface area (Å²) in [6, 6.07) is 9.91. The van der Waals surface area contributed by atoms with Crippen LogP contribution in [0.25, 0.3) is 10.6 Å². The van der Waals surface area contributed by atoms with E-state index in [1.165, 1.54) is 30.7 Å². The van der Waals surface area contributed by atoms with Gasteiger partial charge in [0.2, 0.25) is 0 Å². The van der Waals surface area contributed by atoms with Crippen molar-refractivity contribution in [3.63, 3.8) is 0 Å². The number of hydrazone groups is 1. The second-order valence-corrected chi connectivity index (χ2v) is 6.61. The topological polar surface area (TPSA) is 99.6 Å². The molecule has 0 atom stereocenters. The van der Waals surface area contributed by atoms with Gasteiger partial charge in [-0.3, -0.25) is 9.89 Å². The minimum absolute atomic E-state index is 0.0235. The van der Waals surface area contributed by atoms with E-state index in [4.69, 9.17) is 16.3 Å². The van der Waals surface area contributed by atoms with Gasteiger partial charge in [-0.2, -0.15) is 10.2 Å². The molecule has 3 rings (SSSR count). The van der Waals surface area contributed by atoms with E-state index < -0.39 is 5.91 Å². The molecule has 0 aliphatic heterocycles. The SMILES string of the molecule is COc1ccc(O)c(/C=N\NC(=O)c2cc(-c3ccc(Cl)s3)[nH]n2)c1. The number of aromatic hydroxyl groups is 1. The van der Waals surface area contributed by atoms with Crippen LogP contribution in [0.2, 0.25) is 4.34 Å². The number of amides is 1. The van der Waals surface area contributed by atoms with Crippen LogP contribution in [-0.2, 0) is 0 Å². The van der Waals surface area contributed by atoms with Crippen LogP contribution < -0.4 is 10.2 Å². The monoisotopic (exact) mass is 376 g/mol. The summed E-state index contributed by atoms with van der Waals surface area (Å²) in [6.07, 6.45) is 1.32. The van der Waals surface area contributed by atoms with Crippen molar-refractivity contribution in [2.24, 2.45) is 5.10 Å². The van der Waals surface area contributed by atoms with Crippen molar-refractivity contribution >= 4 is 35.1 Å². The molecule has 3 aromatic rings. The number of aromatic nitrogens is 2. The number of phenols is 1. The van der Waals surface area contributed by atoms with Gasteiger partial charge >= 0.3 is 0 Å². The minimum Gasteiger partial charge on any atom is -0.507 e. The molecule has 2 aromatic heterocycles. The molecule has 2 heterocycles. The van der Waals surface area contributed by atoms with Crippen LogP contribution >= 0.6 is 22.9 Å². The number of benzene rings is 1. The summed E-state index contributed by atoms with van der Waals surface area (Å²) >= 11 is 7.28. The molecule has 0 radical (unpaired) electrons. The Bertz CT molecular complexity index is 935. The maximum atomic E-state index is 12.1. The number of aromatic amines is 1. The Balaban J connectivity index is 1.68. The number of nitrogens with zero attached hydrogens (tertiary/aromatic N) is 2. The van der Waals surface area contributed by atoms with Crippen molar-refractivity contribution in [2.75, 3.05) is 7.11 Å². The van der Waals surface area contributed by atoms with Gasteiger partial charge < -0.3 is 9.84 Å². The Kier molecular flexibility index (Phi) is 5.01. The predicted octanol–water partition coefficient (Wildman–Crippen LogP) is 3.27. The molecule has 25 heavy (non-hydrogen) atoms. The van der Waals surface area contributed by atoms with Gasteiger partial charge in [-0.25, -0.2) is 5.43 Å². The normalized spacial score (nSPS) is 11.0. The number of carbonyl (C=O) groups is 1. The van der Waals surface area contributed by atoms with Crippen molar-refractivity contribution in [3.8, 4) is 22.1 Å². The Labute approximate surface area is 151 Å². The average molecular weight is 377 g/mol. The number of hydrogen-bond acceptors (Lipinski definition) is 6. The molecule has 0 unspecified atom stereocenters. The molecule has 0 aliphatic rings. The smallest absolute Gasteiger partial charge is 0.291 e. The summed E-state index contributed by atoms with van der Waals surface area (Å²) in [7, 11) is 1.52. The van der Waals surface area contributed by atoms with Gasteiger partial charge in [-0.1, -0.05) is 11.6 Å².